The molecule has 5 heterocycles. The Morgan fingerprint density at radius 1 is 0.333 bits per heavy atom. The quantitative estimate of drug-likeness (QED) is 0.0281. The van der Waals surface area contributed by atoms with Gasteiger partial charge >= 0.3 is 19.5 Å². The summed E-state index contributed by atoms with van der Waals surface area (Å²) in [5.41, 5.74) is -0.262. The number of aliphatic hydroxyl groups excluding tert-OH is 7. The van der Waals surface area contributed by atoms with Crippen LogP contribution in [0.25, 0.3) is 89.7 Å². The van der Waals surface area contributed by atoms with Gasteiger partial charge in [0.2, 0.25) is 0 Å². The summed E-state index contributed by atoms with van der Waals surface area (Å²) in [6.07, 6.45) is 0.550. The molecule has 0 aliphatic carbocycles. The van der Waals surface area contributed by atoms with E-state index >= 15 is 0 Å². The van der Waals surface area contributed by atoms with E-state index in [4.69, 9.17) is 136 Å². The molecule has 0 fully saturated rings. The zero-order chi connectivity index (χ0) is 57.1. The number of aliphatic hydroxyl groups is 7. The predicted octanol–water partition coefficient (Wildman–Crippen LogP) is 8.07. The van der Waals surface area contributed by atoms with E-state index in [9.17, 15) is 35.7 Å². The van der Waals surface area contributed by atoms with Crippen LogP contribution in [0.5, 0.6) is 46.0 Å². The van der Waals surface area contributed by atoms with Gasteiger partial charge in [-0.1, -0.05) is 64.9 Å². The minimum Gasteiger partial charge on any atom is -0.488 e. The molecular weight excluding hydrogens is 1420 g/mol. The topological polar surface area (TPSA) is 321 Å². The van der Waals surface area contributed by atoms with Crippen LogP contribution in [0.15, 0.2) is 13.4 Å². The van der Waals surface area contributed by atoms with Crippen molar-refractivity contribution in [1.82, 2.24) is 39.9 Å². The number of halogens is 8. The third-order valence-corrected chi connectivity index (χ3v) is 15.5. The zero-order valence-corrected chi connectivity index (χ0v) is 53.5. The van der Waals surface area contributed by atoms with Crippen molar-refractivity contribution >= 4 is 150 Å². The van der Waals surface area contributed by atoms with Crippen LogP contribution in [-0.2, 0) is 19.5 Å². The number of nitrogens with zero attached hydrogens (tertiary/aromatic N) is 8. The Labute approximate surface area is 521 Å². The molecule has 0 radical (unpaired) electrons. The molecule has 7 aromatic rings. The van der Waals surface area contributed by atoms with E-state index in [2.05, 4.69) is 47.8 Å². The fourth-order valence-corrected chi connectivity index (χ4v) is 12.0. The van der Waals surface area contributed by atoms with Crippen LogP contribution >= 0.6 is 106 Å². The van der Waals surface area contributed by atoms with Crippen LogP contribution in [0.3, 0.4) is 0 Å². The van der Waals surface area contributed by atoms with Gasteiger partial charge in [0.1, 0.15) is 46.2 Å². The number of rotatable bonds is 24. The minimum atomic E-state index is -0.461. The fraction of sp³-hybridized carbons (Fsp3) is 0.347. The molecule has 0 spiro atoms. The average molecular weight is 1470 g/mol. The Morgan fingerprint density at radius 3 is 0.901 bits per heavy atom. The second kappa shape index (κ2) is 27.7. The van der Waals surface area contributed by atoms with Crippen molar-refractivity contribution in [2.45, 2.75) is 13.3 Å². The first-order valence-electron chi connectivity index (χ1n) is 24.0. The minimum absolute atomic E-state index is 0. The maximum absolute atomic E-state index is 9.96. The zero-order valence-electron chi connectivity index (χ0n) is 42.0. The Morgan fingerprint density at radius 2 is 0.580 bits per heavy atom. The van der Waals surface area contributed by atoms with E-state index in [-0.39, 0.29) is 247 Å². The molecule has 2 aliphatic heterocycles. The second-order valence-electron chi connectivity index (χ2n) is 16.5. The number of aromatic nitrogens is 8. The Kier molecular flexibility index (Phi) is 21.5. The molecule has 8 bridgehead atoms. The molecule has 0 saturated heterocycles. The van der Waals surface area contributed by atoms with Gasteiger partial charge in [0.05, 0.1) is 115 Å². The maximum Gasteiger partial charge on any atom is 2.00 e. The molecule has 7 N–H and O–H groups in total. The molecule has 3 aromatic heterocycles. The molecule has 23 nitrogen and oxygen atoms in total. The molecule has 2 aliphatic rings. The SMILES string of the molecule is CCCOc1c(Cl)c2c(c(Br)c1OCCO)-c1nc-2nc2[n-]c(nc3nc(nc4[n-]c(n1)c1c(Cl)c(OCCO)c(OCCO)c(Br)c41)-c1c(Cl)c(OCCO)c(OCCO)c(Cl)c1-3)c1c(Br)c(OCCO)c(OCCO)c(Cl)c21.[Zn+2]. The summed E-state index contributed by atoms with van der Waals surface area (Å²) < 4.78 is 48.7. The van der Waals surface area contributed by atoms with E-state index in [0.717, 1.165) is 0 Å². The van der Waals surface area contributed by atoms with Crippen LogP contribution in [0, 0.1) is 0 Å². The Balaban J connectivity index is 0.00000860. The van der Waals surface area contributed by atoms with Crippen molar-refractivity contribution in [2.75, 3.05) is 99.1 Å². The molecule has 32 heteroatoms. The van der Waals surface area contributed by atoms with Crippen LogP contribution in [0.2, 0.25) is 25.1 Å². The van der Waals surface area contributed by atoms with Gasteiger partial charge in [0.25, 0.3) is 0 Å². The van der Waals surface area contributed by atoms with Gasteiger partial charge in [-0.25, -0.2) is 9.97 Å². The summed E-state index contributed by atoms with van der Waals surface area (Å²) >= 11 is 47.8. The van der Waals surface area contributed by atoms with E-state index in [1.54, 1.807) is 0 Å². The van der Waals surface area contributed by atoms with Crippen LogP contribution < -0.4 is 47.9 Å². The molecule has 81 heavy (non-hydrogen) atoms. The summed E-state index contributed by atoms with van der Waals surface area (Å²) in [5.74, 6) is -1.02. The third-order valence-electron chi connectivity index (χ3n) is 11.5. The van der Waals surface area contributed by atoms with E-state index in [1.807, 2.05) is 6.92 Å². The second-order valence-corrected chi connectivity index (χ2v) is 20.7. The molecule has 0 unspecified atom stereocenters. The first-order chi connectivity index (χ1) is 38.7. The van der Waals surface area contributed by atoms with Crippen LogP contribution in [0.1, 0.15) is 13.3 Å². The summed E-state index contributed by atoms with van der Waals surface area (Å²) in [7, 11) is 0. The first-order valence-corrected chi connectivity index (χ1v) is 28.2. The monoisotopic (exact) mass is 1460 g/mol. The fourth-order valence-electron chi connectivity index (χ4n) is 8.43. The number of hydrogen-bond donors (Lipinski definition) is 7. The van der Waals surface area contributed by atoms with Gasteiger partial charge in [0.15, 0.2) is 46.0 Å². The van der Waals surface area contributed by atoms with Gasteiger partial charge in [-0.15, -0.1) is 0 Å². The molecular formula is C49H42Br3Cl5N8O15Zn. The van der Waals surface area contributed by atoms with E-state index in [0.29, 0.717) is 6.42 Å². The Bertz CT molecular complexity index is 3280. The van der Waals surface area contributed by atoms with Gasteiger partial charge in [-0.2, -0.15) is 0 Å². The van der Waals surface area contributed by atoms with Gasteiger partial charge in [-0.3, -0.25) is 0 Å². The smallest absolute Gasteiger partial charge is 0.488 e. The van der Waals surface area contributed by atoms with Crippen LogP contribution in [-0.4, -0.2) is 165 Å². The first kappa shape index (κ1) is 62.9. The average Bonchev–Trinajstić information content (AvgIpc) is 4.31. The van der Waals surface area contributed by atoms with Gasteiger partial charge in [0, 0.05) is 66.4 Å². The molecule has 0 amide bonds. The van der Waals surface area contributed by atoms with Crippen LogP contribution in [0.4, 0.5) is 0 Å². The predicted molar refractivity (Wildman–Crippen MR) is 306 cm³/mol. The molecule has 9 rings (SSSR count). The molecule has 0 saturated carbocycles. The summed E-state index contributed by atoms with van der Waals surface area (Å²) in [5, 5.41) is 69.2. The van der Waals surface area contributed by atoms with Crippen molar-refractivity contribution in [3.05, 3.63) is 38.5 Å². The molecule has 0 atom stereocenters. The molecule has 4 aromatic carbocycles. The maximum atomic E-state index is 9.96. The Hall–Kier alpha value is -4.13. The molecule has 426 valence electrons. The van der Waals surface area contributed by atoms with Crippen molar-refractivity contribution in [3.8, 4) is 91.5 Å². The van der Waals surface area contributed by atoms with Crippen molar-refractivity contribution in [1.29, 1.82) is 0 Å². The van der Waals surface area contributed by atoms with Crippen molar-refractivity contribution in [2.24, 2.45) is 0 Å². The number of benzene rings is 4. The largest absolute Gasteiger partial charge is 2.00 e. The number of fused-ring (bicyclic) bond motifs is 20. The summed E-state index contributed by atoms with van der Waals surface area (Å²) in [6, 6.07) is 0. The normalized spacial score (nSPS) is 11.7. The summed E-state index contributed by atoms with van der Waals surface area (Å²) in [4.78, 5) is 39.9. The van der Waals surface area contributed by atoms with Gasteiger partial charge in [-0.05, 0) is 54.2 Å². The van der Waals surface area contributed by atoms with Crippen molar-refractivity contribution in [3.63, 3.8) is 0 Å². The standard InChI is InChI=1S/C49H42Br3Cl5N8O15.Zn/c1-2-10-73-37-29(53)21-18(26(50)34(37)74-11-3-66)42-58-45-22-19(27(51)35(75-12-4-67)38(30(22)54)77-14-6-69)43(59-45)62-48-24-25(33(57)41(80-17-9-72)40(32(24)56)79-16-8-71)49(65-48)63-44-20-23(47(61-44)64-46(21)60-42)31(55)39(78-15-7-70)36(28(20)52)76-13-5-68;/h66-72H,2-17H2,1H3;/q-2;+2. The van der Waals surface area contributed by atoms with Gasteiger partial charge < -0.3 is 104 Å². The number of ether oxygens (including phenoxy) is 8. The third kappa shape index (κ3) is 11.7. The summed E-state index contributed by atoms with van der Waals surface area (Å²) in [6.45, 7) is -2.75. The number of hydrogen-bond acceptors (Lipinski definition) is 21. The van der Waals surface area contributed by atoms with Crippen molar-refractivity contribution < 1.29 is 93.1 Å². The van der Waals surface area contributed by atoms with E-state index < -0.39 is 46.2 Å². The van der Waals surface area contributed by atoms with E-state index in [1.165, 1.54) is 0 Å².